The number of carbonyl (C=O) groups excluding carboxylic acids is 1. The lowest BCUT2D eigenvalue weighted by atomic mass is 10.0. The molecule has 32 heavy (non-hydrogen) atoms. The van der Waals surface area contributed by atoms with Gasteiger partial charge in [-0.3, -0.25) is 9.89 Å². The monoisotopic (exact) mass is 422 g/mol. The molecule has 0 unspecified atom stereocenters. The Kier molecular flexibility index (Phi) is 4.99. The summed E-state index contributed by atoms with van der Waals surface area (Å²) in [5.74, 6) is -0.0912. The normalized spacial score (nSPS) is 11.1. The van der Waals surface area contributed by atoms with Gasteiger partial charge < -0.3 is 4.90 Å². The van der Waals surface area contributed by atoms with E-state index in [1.54, 1.807) is 24.3 Å². The Morgan fingerprint density at radius 3 is 2.47 bits per heavy atom. The van der Waals surface area contributed by atoms with Crippen LogP contribution in [0.5, 0.6) is 0 Å². The van der Waals surface area contributed by atoms with Gasteiger partial charge in [-0.1, -0.05) is 48.5 Å². The average molecular weight is 422 g/mol. The molecule has 0 fully saturated rings. The molecule has 3 aromatic heterocycles. The second-order valence-corrected chi connectivity index (χ2v) is 7.72. The van der Waals surface area contributed by atoms with Crippen molar-refractivity contribution in [2.24, 2.45) is 0 Å². The lowest BCUT2D eigenvalue weighted by Gasteiger charge is -2.18. The summed E-state index contributed by atoms with van der Waals surface area (Å²) in [6.45, 7) is 2.37. The highest BCUT2D eigenvalue weighted by Gasteiger charge is 2.23. The van der Waals surface area contributed by atoms with E-state index in [4.69, 9.17) is 10.1 Å². The van der Waals surface area contributed by atoms with Gasteiger partial charge in [0.15, 0.2) is 5.65 Å². The summed E-state index contributed by atoms with van der Waals surface area (Å²) in [7, 11) is 1.79. The van der Waals surface area contributed by atoms with Crippen LogP contribution in [0.15, 0.2) is 79.1 Å². The van der Waals surface area contributed by atoms with Gasteiger partial charge in [0.05, 0.1) is 34.2 Å². The molecule has 1 N–H and O–H groups in total. The second-order valence-electron chi connectivity index (χ2n) is 7.72. The van der Waals surface area contributed by atoms with E-state index in [2.05, 4.69) is 10.2 Å². The molecule has 0 saturated carbocycles. The molecular weight excluding hydrogens is 400 g/mol. The summed E-state index contributed by atoms with van der Waals surface area (Å²) in [6, 6.07) is 21.6. The number of nitrogens with zero attached hydrogens (tertiary/aromatic N) is 5. The molecule has 0 spiro atoms. The van der Waals surface area contributed by atoms with E-state index in [-0.39, 0.29) is 5.91 Å². The number of para-hydroxylation sites is 1. The zero-order valence-corrected chi connectivity index (χ0v) is 17.9. The van der Waals surface area contributed by atoms with Crippen molar-refractivity contribution in [3.05, 3.63) is 95.9 Å². The van der Waals surface area contributed by atoms with Gasteiger partial charge in [0.1, 0.15) is 0 Å². The fourth-order valence-corrected chi connectivity index (χ4v) is 3.88. The first kappa shape index (κ1) is 19.7. The predicted molar refractivity (Wildman–Crippen MR) is 123 cm³/mol. The van der Waals surface area contributed by atoms with Gasteiger partial charge >= 0.3 is 0 Å². The van der Waals surface area contributed by atoms with Gasteiger partial charge in [-0.15, -0.1) is 0 Å². The lowest BCUT2D eigenvalue weighted by molar-refractivity contribution is 0.0787. The molecule has 0 bridgehead atoms. The number of amides is 1. The number of aromatic nitrogens is 5. The van der Waals surface area contributed by atoms with Crippen LogP contribution in [0.4, 0.5) is 0 Å². The Morgan fingerprint density at radius 2 is 1.78 bits per heavy atom. The van der Waals surface area contributed by atoms with Crippen LogP contribution < -0.4 is 0 Å². The van der Waals surface area contributed by atoms with Gasteiger partial charge in [-0.2, -0.15) is 10.2 Å². The van der Waals surface area contributed by atoms with E-state index in [0.29, 0.717) is 17.8 Å². The van der Waals surface area contributed by atoms with Crippen molar-refractivity contribution in [1.82, 2.24) is 29.9 Å². The van der Waals surface area contributed by atoms with Gasteiger partial charge in [0.2, 0.25) is 0 Å². The molecule has 5 rings (SSSR count). The van der Waals surface area contributed by atoms with Crippen molar-refractivity contribution in [2.45, 2.75) is 13.5 Å². The Labute approximate surface area is 185 Å². The number of aryl methyl sites for hydroxylation is 1. The quantitative estimate of drug-likeness (QED) is 0.456. The summed E-state index contributed by atoms with van der Waals surface area (Å²) >= 11 is 0. The van der Waals surface area contributed by atoms with E-state index in [1.807, 2.05) is 78.3 Å². The minimum absolute atomic E-state index is 0.0912. The molecule has 7 heteroatoms. The number of nitrogens with one attached hydrogen (secondary N) is 1. The van der Waals surface area contributed by atoms with Crippen molar-refractivity contribution < 1.29 is 4.79 Å². The Morgan fingerprint density at radius 1 is 1.06 bits per heavy atom. The second kappa shape index (κ2) is 8.11. The standard InChI is InChI=1S/C25H22N6O/c1-17-23-21(25(32)30(2)16-18-14-26-27-15-18)13-22(19-9-5-3-6-10-19)28-24(23)31(29-17)20-11-7-4-8-12-20/h3-15H,16H2,1-2H3,(H,26,27). The van der Waals surface area contributed by atoms with Crippen LogP contribution in [0.25, 0.3) is 28.0 Å². The fraction of sp³-hybridized carbons (Fsp3) is 0.120. The van der Waals surface area contributed by atoms with E-state index in [9.17, 15) is 4.79 Å². The van der Waals surface area contributed by atoms with Crippen LogP contribution in [0.2, 0.25) is 0 Å². The Bertz CT molecular complexity index is 1370. The smallest absolute Gasteiger partial charge is 0.254 e. The highest BCUT2D eigenvalue weighted by Crippen LogP contribution is 2.29. The van der Waals surface area contributed by atoms with Gasteiger partial charge in [0.25, 0.3) is 5.91 Å². The van der Waals surface area contributed by atoms with Crippen molar-refractivity contribution >= 4 is 16.9 Å². The Hall–Kier alpha value is -4.26. The van der Waals surface area contributed by atoms with E-state index in [0.717, 1.165) is 33.6 Å². The van der Waals surface area contributed by atoms with Crippen LogP contribution in [0.1, 0.15) is 21.6 Å². The molecule has 0 atom stereocenters. The number of fused-ring (bicyclic) bond motifs is 1. The summed E-state index contributed by atoms with van der Waals surface area (Å²) in [5.41, 5.74) is 5.51. The third kappa shape index (κ3) is 3.54. The molecule has 0 aliphatic rings. The predicted octanol–water partition coefficient (Wildman–Crippen LogP) is 4.39. The van der Waals surface area contributed by atoms with E-state index in [1.165, 1.54) is 0 Å². The number of hydrogen-bond donors (Lipinski definition) is 1. The van der Waals surface area contributed by atoms with Crippen LogP contribution in [0.3, 0.4) is 0 Å². The summed E-state index contributed by atoms with van der Waals surface area (Å²) in [4.78, 5) is 20.2. The van der Waals surface area contributed by atoms with Crippen molar-refractivity contribution in [3.63, 3.8) is 0 Å². The number of benzene rings is 2. The summed E-state index contributed by atoms with van der Waals surface area (Å²) in [6.07, 6.45) is 3.51. The molecule has 0 radical (unpaired) electrons. The number of rotatable bonds is 5. The number of H-pyrrole nitrogens is 1. The molecule has 2 aromatic carbocycles. The topological polar surface area (TPSA) is 79.7 Å². The zero-order chi connectivity index (χ0) is 22.1. The third-order valence-corrected chi connectivity index (χ3v) is 5.43. The van der Waals surface area contributed by atoms with Crippen LogP contribution in [-0.2, 0) is 6.54 Å². The highest BCUT2D eigenvalue weighted by molar-refractivity contribution is 6.07. The molecule has 5 aromatic rings. The van der Waals surface area contributed by atoms with Gasteiger partial charge in [0, 0.05) is 30.9 Å². The van der Waals surface area contributed by atoms with Crippen molar-refractivity contribution in [3.8, 4) is 16.9 Å². The number of carbonyl (C=O) groups is 1. The maximum atomic E-state index is 13.6. The van der Waals surface area contributed by atoms with Crippen molar-refractivity contribution in [2.75, 3.05) is 7.05 Å². The molecule has 158 valence electrons. The average Bonchev–Trinajstić information content (AvgIpc) is 3.47. The molecule has 0 aliphatic carbocycles. The SMILES string of the molecule is Cc1nn(-c2ccccc2)c2nc(-c3ccccc3)cc(C(=O)N(C)Cc3cn[nH]c3)c12. The van der Waals surface area contributed by atoms with Crippen molar-refractivity contribution in [1.29, 1.82) is 0 Å². The lowest BCUT2D eigenvalue weighted by Crippen LogP contribution is -2.26. The molecule has 1 amide bonds. The minimum atomic E-state index is -0.0912. The molecular formula is C25H22N6O. The van der Waals surface area contributed by atoms with E-state index < -0.39 is 0 Å². The van der Waals surface area contributed by atoms with E-state index >= 15 is 0 Å². The molecule has 0 saturated heterocycles. The summed E-state index contributed by atoms with van der Waals surface area (Å²) < 4.78 is 1.81. The molecule has 7 nitrogen and oxygen atoms in total. The highest BCUT2D eigenvalue weighted by atomic mass is 16.2. The first-order chi connectivity index (χ1) is 15.6. The van der Waals surface area contributed by atoms with Crippen LogP contribution >= 0.6 is 0 Å². The first-order valence-electron chi connectivity index (χ1n) is 10.4. The number of hydrogen-bond acceptors (Lipinski definition) is 4. The van der Waals surface area contributed by atoms with Crippen LogP contribution in [-0.4, -0.2) is 42.8 Å². The number of aromatic amines is 1. The molecule has 3 heterocycles. The maximum Gasteiger partial charge on any atom is 0.254 e. The largest absolute Gasteiger partial charge is 0.337 e. The van der Waals surface area contributed by atoms with Gasteiger partial charge in [-0.05, 0) is 25.1 Å². The fourth-order valence-electron chi connectivity index (χ4n) is 3.88. The van der Waals surface area contributed by atoms with Crippen LogP contribution in [0, 0.1) is 6.92 Å². The maximum absolute atomic E-state index is 13.6. The van der Waals surface area contributed by atoms with Gasteiger partial charge in [-0.25, -0.2) is 9.67 Å². The Balaban J connectivity index is 1.70. The first-order valence-corrected chi connectivity index (χ1v) is 10.4. The third-order valence-electron chi connectivity index (χ3n) is 5.43. The minimum Gasteiger partial charge on any atom is -0.337 e. The number of pyridine rings is 1. The zero-order valence-electron chi connectivity index (χ0n) is 17.9. The summed E-state index contributed by atoms with van der Waals surface area (Å²) in [5, 5.41) is 12.3. The molecule has 0 aliphatic heterocycles.